The number of sulfone groups is 1. The molecule has 1 atom stereocenters. The largest absolute Gasteiger partial charge is 0.315 e. The van der Waals surface area contributed by atoms with Crippen molar-refractivity contribution in [1.82, 2.24) is 10.3 Å². The molecule has 0 fully saturated rings. The molecule has 0 aromatic carbocycles. The number of hydrogen-bond acceptors (Lipinski definition) is 5. The van der Waals surface area contributed by atoms with E-state index in [0.717, 1.165) is 17.1 Å². The minimum absolute atomic E-state index is 0.315. The molecule has 0 saturated carbocycles. The highest BCUT2D eigenvalue weighted by Gasteiger charge is 2.23. The summed E-state index contributed by atoms with van der Waals surface area (Å²) in [4.78, 5) is 5.63. The van der Waals surface area contributed by atoms with Crippen molar-refractivity contribution in [3.05, 3.63) is 15.6 Å². The molecule has 0 radical (unpaired) electrons. The maximum Gasteiger partial charge on any atom is 0.156 e. The average molecular weight is 276 g/mol. The van der Waals surface area contributed by atoms with Crippen molar-refractivity contribution in [2.24, 2.45) is 0 Å². The molecule has 0 amide bonds. The topological polar surface area (TPSA) is 59.1 Å². The summed E-state index contributed by atoms with van der Waals surface area (Å²) < 4.78 is 23.1. The first-order chi connectivity index (χ1) is 7.77. The molecule has 1 N–H and O–H groups in total. The Morgan fingerprint density at radius 1 is 1.35 bits per heavy atom. The van der Waals surface area contributed by atoms with Crippen LogP contribution in [0.3, 0.4) is 0 Å². The summed E-state index contributed by atoms with van der Waals surface area (Å²) in [6.07, 6.45) is 1.26. The number of rotatable bonds is 5. The van der Waals surface area contributed by atoms with E-state index in [2.05, 4.69) is 24.1 Å². The SMILES string of the molecule is CNCc1sc(C(C)S(C)(=O)=O)nc1C(C)C. The molecule has 6 heteroatoms. The summed E-state index contributed by atoms with van der Waals surface area (Å²) in [5.41, 5.74) is 1.01. The van der Waals surface area contributed by atoms with Crippen LogP contribution in [0.4, 0.5) is 0 Å². The van der Waals surface area contributed by atoms with Crippen LogP contribution >= 0.6 is 11.3 Å². The Morgan fingerprint density at radius 3 is 2.35 bits per heavy atom. The number of nitrogens with one attached hydrogen (secondary N) is 1. The van der Waals surface area contributed by atoms with E-state index in [4.69, 9.17) is 0 Å². The minimum atomic E-state index is -3.07. The third-order valence-electron chi connectivity index (χ3n) is 2.62. The van der Waals surface area contributed by atoms with Crippen LogP contribution in [0.5, 0.6) is 0 Å². The van der Waals surface area contributed by atoms with Gasteiger partial charge in [-0.15, -0.1) is 11.3 Å². The minimum Gasteiger partial charge on any atom is -0.315 e. The molecule has 1 aromatic rings. The summed E-state index contributed by atoms with van der Waals surface area (Å²) in [5, 5.41) is 3.27. The van der Waals surface area contributed by atoms with Gasteiger partial charge in [0.15, 0.2) is 9.84 Å². The molecule has 0 aliphatic carbocycles. The van der Waals surface area contributed by atoms with Gasteiger partial charge in [-0.25, -0.2) is 13.4 Å². The summed E-state index contributed by atoms with van der Waals surface area (Å²) in [6, 6.07) is 0. The Balaban J connectivity index is 3.16. The monoisotopic (exact) mass is 276 g/mol. The fourth-order valence-corrected chi connectivity index (χ4v) is 3.73. The van der Waals surface area contributed by atoms with Crippen LogP contribution in [0.25, 0.3) is 0 Å². The third kappa shape index (κ3) is 3.50. The highest BCUT2D eigenvalue weighted by Crippen LogP contribution is 2.31. The fraction of sp³-hybridized carbons (Fsp3) is 0.727. The molecule has 17 heavy (non-hydrogen) atoms. The molecule has 0 aliphatic rings. The van der Waals surface area contributed by atoms with Crippen molar-refractivity contribution >= 4 is 21.2 Å². The summed E-state index contributed by atoms with van der Waals surface area (Å²) >= 11 is 1.49. The van der Waals surface area contributed by atoms with Gasteiger partial charge < -0.3 is 5.32 Å². The lowest BCUT2D eigenvalue weighted by Crippen LogP contribution is -2.07. The van der Waals surface area contributed by atoms with Gasteiger partial charge in [-0.1, -0.05) is 13.8 Å². The number of nitrogens with zero attached hydrogens (tertiary/aromatic N) is 1. The summed E-state index contributed by atoms with van der Waals surface area (Å²) in [5.74, 6) is 0.315. The van der Waals surface area contributed by atoms with E-state index in [-0.39, 0.29) is 0 Å². The van der Waals surface area contributed by atoms with Crippen molar-refractivity contribution in [3.63, 3.8) is 0 Å². The zero-order valence-corrected chi connectivity index (χ0v) is 12.6. The number of aromatic nitrogens is 1. The Morgan fingerprint density at radius 2 is 1.94 bits per heavy atom. The number of hydrogen-bond donors (Lipinski definition) is 1. The lowest BCUT2D eigenvalue weighted by atomic mass is 10.1. The lowest BCUT2D eigenvalue weighted by molar-refractivity contribution is 0.591. The lowest BCUT2D eigenvalue weighted by Gasteiger charge is -2.05. The van der Waals surface area contributed by atoms with E-state index in [9.17, 15) is 8.42 Å². The standard InChI is InChI=1S/C11H20N2O2S2/c1-7(2)10-9(6-12-4)16-11(13-10)8(3)17(5,14)15/h7-8,12H,6H2,1-5H3. The van der Waals surface area contributed by atoms with Crippen molar-refractivity contribution < 1.29 is 8.42 Å². The van der Waals surface area contributed by atoms with E-state index < -0.39 is 15.1 Å². The first kappa shape index (κ1) is 14.6. The Labute approximate surface area is 107 Å². The highest BCUT2D eigenvalue weighted by molar-refractivity contribution is 7.91. The van der Waals surface area contributed by atoms with Crippen LogP contribution in [0.15, 0.2) is 0 Å². The quantitative estimate of drug-likeness (QED) is 0.894. The fourth-order valence-electron chi connectivity index (χ4n) is 1.48. The summed E-state index contributed by atoms with van der Waals surface area (Å²) in [7, 11) is -1.19. The maximum absolute atomic E-state index is 11.5. The number of thiazole rings is 1. The first-order valence-electron chi connectivity index (χ1n) is 5.60. The van der Waals surface area contributed by atoms with Crippen LogP contribution in [-0.2, 0) is 16.4 Å². The van der Waals surface area contributed by atoms with Crippen LogP contribution < -0.4 is 5.32 Å². The third-order valence-corrected chi connectivity index (χ3v) is 5.53. The van der Waals surface area contributed by atoms with Crippen molar-refractivity contribution in [3.8, 4) is 0 Å². The zero-order chi connectivity index (χ0) is 13.2. The van der Waals surface area contributed by atoms with E-state index in [1.807, 2.05) is 7.05 Å². The normalized spacial score (nSPS) is 14.2. The molecule has 0 saturated heterocycles. The Hall–Kier alpha value is -0.460. The summed E-state index contributed by atoms with van der Waals surface area (Å²) in [6.45, 7) is 6.58. The predicted octanol–water partition coefficient (Wildman–Crippen LogP) is 2.09. The molecular formula is C11H20N2O2S2. The van der Waals surface area contributed by atoms with E-state index in [1.54, 1.807) is 6.92 Å². The van der Waals surface area contributed by atoms with E-state index >= 15 is 0 Å². The molecule has 1 rings (SSSR count). The van der Waals surface area contributed by atoms with E-state index in [0.29, 0.717) is 10.9 Å². The Kier molecular flexibility index (Phi) is 4.69. The molecule has 0 bridgehead atoms. The maximum atomic E-state index is 11.5. The van der Waals surface area contributed by atoms with Gasteiger partial charge in [-0.05, 0) is 19.9 Å². The highest BCUT2D eigenvalue weighted by atomic mass is 32.2. The van der Waals surface area contributed by atoms with Gasteiger partial charge in [-0.2, -0.15) is 0 Å². The van der Waals surface area contributed by atoms with Crippen LogP contribution in [0, 0.1) is 0 Å². The van der Waals surface area contributed by atoms with E-state index in [1.165, 1.54) is 17.6 Å². The zero-order valence-electron chi connectivity index (χ0n) is 10.9. The molecule has 1 aromatic heterocycles. The first-order valence-corrected chi connectivity index (χ1v) is 8.37. The van der Waals surface area contributed by atoms with Gasteiger partial charge in [-0.3, -0.25) is 0 Å². The van der Waals surface area contributed by atoms with Crippen LogP contribution in [-0.4, -0.2) is 26.7 Å². The van der Waals surface area contributed by atoms with Crippen LogP contribution in [0.2, 0.25) is 0 Å². The second-order valence-corrected chi connectivity index (χ2v) is 8.00. The van der Waals surface area contributed by atoms with Gasteiger partial charge >= 0.3 is 0 Å². The van der Waals surface area contributed by atoms with Gasteiger partial charge in [0.25, 0.3) is 0 Å². The molecular weight excluding hydrogens is 256 g/mol. The van der Waals surface area contributed by atoms with Gasteiger partial charge in [0.1, 0.15) is 10.3 Å². The van der Waals surface area contributed by atoms with Crippen molar-refractivity contribution in [2.45, 2.75) is 38.5 Å². The molecule has 0 spiro atoms. The molecule has 98 valence electrons. The van der Waals surface area contributed by atoms with Gasteiger partial charge in [0.2, 0.25) is 0 Å². The smallest absolute Gasteiger partial charge is 0.156 e. The molecule has 1 heterocycles. The van der Waals surface area contributed by atoms with Gasteiger partial charge in [0, 0.05) is 17.7 Å². The van der Waals surface area contributed by atoms with Crippen molar-refractivity contribution in [2.75, 3.05) is 13.3 Å². The van der Waals surface area contributed by atoms with Gasteiger partial charge in [0.05, 0.1) is 5.69 Å². The second-order valence-electron chi connectivity index (χ2n) is 4.52. The average Bonchev–Trinajstić information content (AvgIpc) is 2.60. The Bertz CT molecular complexity index is 478. The molecule has 0 aliphatic heterocycles. The van der Waals surface area contributed by atoms with Crippen molar-refractivity contribution in [1.29, 1.82) is 0 Å². The molecule has 4 nitrogen and oxygen atoms in total. The van der Waals surface area contributed by atoms with Crippen LogP contribution in [0.1, 0.15) is 47.5 Å². The predicted molar refractivity (Wildman–Crippen MR) is 72.2 cm³/mol. The molecule has 1 unspecified atom stereocenters. The second kappa shape index (κ2) is 5.46.